The summed E-state index contributed by atoms with van der Waals surface area (Å²) in [5, 5.41) is 3.52. The molecule has 2 N–H and O–H groups in total. The lowest BCUT2D eigenvalue weighted by molar-refractivity contribution is 0.0953. The minimum atomic E-state index is -0.637. The number of amides is 1. The van der Waals surface area contributed by atoms with Crippen LogP contribution in [-0.2, 0) is 0 Å². The number of carbonyl (C=O) groups excluding carboxylic acids is 1. The van der Waals surface area contributed by atoms with E-state index in [4.69, 9.17) is 4.52 Å². The molecule has 0 aromatic carbocycles. The molecule has 0 saturated carbocycles. The van der Waals surface area contributed by atoms with E-state index in [1.54, 1.807) is 6.92 Å². The summed E-state index contributed by atoms with van der Waals surface area (Å²) in [4.78, 5) is 15.0. The first-order valence-corrected chi connectivity index (χ1v) is 4.77. The predicted molar refractivity (Wildman–Crippen MR) is 56.5 cm³/mol. The number of pyridine rings is 1. The number of nitrogens with zero attached hydrogens (tertiary/aromatic N) is 2. The Morgan fingerprint density at radius 3 is 2.94 bits per heavy atom. The van der Waals surface area contributed by atoms with Gasteiger partial charge in [0.1, 0.15) is 11.6 Å². The molecule has 2 aromatic rings. The minimum absolute atomic E-state index is 0.131. The van der Waals surface area contributed by atoms with Crippen LogP contribution < -0.4 is 10.9 Å². The number of hydrogen-bond acceptors (Lipinski definition) is 5. The van der Waals surface area contributed by atoms with Gasteiger partial charge < -0.3 is 4.52 Å². The van der Waals surface area contributed by atoms with E-state index in [0.717, 1.165) is 0 Å². The standard InChI is InChI=1S/C10H9FN4O2/c1-6-5-7(15-17-6)10(16)14-13-9-4-2-3-8(11)12-9/h2-5H,1H3,(H,12,13)(H,14,16). The monoisotopic (exact) mass is 236 g/mol. The summed E-state index contributed by atoms with van der Waals surface area (Å²) in [6.07, 6.45) is 0. The highest BCUT2D eigenvalue weighted by Gasteiger charge is 2.10. The van der Waals surface area contributed by atoms with Crippen LogP contribution in [-0.4, -0.2) is 16.0 Å². The molecule has 2 rings (SSSR count). The number of carbonyl (C=O) groups is 1. The van der Waals surface area contributed by atoms with Gasteiger partial charge in [-0.2, -0.15) is 4.39 Å². The van der Waals surface area contributed by atoms with Gasteiger partial charge in [0.15, 0.2) is 5.69 Å². The minimum Gasteiger partial charge on any atom is -0.361 e. The number of aromatic nitrogens is 2. The molecule has 1 amide bonds. The third kappa shape index (κ3) is 2.77. The van der Waals surface area contributed by atoms with Gasteiger partial charge in [-0.25, -0.2) is 4.98 Å². The smallest absolute Gasteiger partial charge is 0.291 e. The topological polar surface area (TPSA) is 80.0 Å². The largest absolute Gasteiger partial charge is 0.361 e. The molecule has 2 heterocycles. The molecule has 7 heteroatoms. The van der Waals surface area contributed by atoms with Gasteiger partial charge >= 0.3 is 0 Å². The van der Waals surface area contributed by atoms with Crippen molar-refractivity contribution in [3.63, 3.8) is 0 Å². The Morgan fingerprint density at radius 2 is 2.29 bits per heavy atom. The third-order valence-corrected chi connectivity index (χ3v) is 1.88. The number of rotatable bonds is 3. The third-order valence-electron chi connectivity index (χ3n) is 1.88. The molecular formula is C10H9FN4O2. The lowest BCUT2D eigenvalue weighted by Crippen LogP contribution is -2.30. The molecule has 0 fully saturated rings. The van der Waals surface area contributed by atoms with Crippen LogP contribution in [0.5, 0.6) is 0 Å². The predicted octanol–water partition coefficient (Wildman–Crippen LogP) is 1.27. The Morgan fingerprint density at radius 1 is 1.47 bits per heavy atom. The van der Waals surface area contributed by atoms with Crippen molar-refractivity contribution in [2.75, 3.05) is 5.43 Å². The summed E-state index contributed by atoms with van der Waals surface area (Å²) in [5.41, 5.74) is 4.91. The van der Waals surface area contributed by atoms with Crippen LogP contribution in [0.2, 0.25) is 0 Å². The van der Waals surface area contributed by atoms with Crippen molar-refractivity contribution in [1.29, 1.82) is 0 Å². The molecule has 0 bridgehead atoms. The maximum atomic E-state index is 12.7. The fourth-order valence-electron chi connectivity index (χ4n) is 1.14. The molecule has 0 unspecified atom stereocenters. The summed E-state index contributed by atoms with van der Waals surface area (Å²) < 4.78 is 17.5. The van der Waals surface area contributed by atoms with E-state index in [1.165, 1.54) is 24.3 Å². The molecule has 0 aliphatic rings. The van der Waals surface area contributed by atoms with E-state index in [-0.39, 0.29) is 11.5 Å². The van der Waals surface area contributed by atoms with Gasteiger partial charge in [0.2, 0.25) is 5.95 Å². The average Bonchev–Trinajstić information content (AvgIpc) is 2.73. The van der Waals surface area contributed by atoms with Crippen LogP contribution >= 0.6 is 0 Å². The second-order valence-electron chi connectivity index (χ2n) is 3.25. The average molecular weight is 236 g/mol. The highest BCUT2D eigenvalue weighted by molar-refractivity contribution is 5.92. The van der Waals surface area contributed by atoms with Gasteiger partial charge in [-0.3, -0.25) is 15.6 Å². The van der Waals surface area contributed by atoms with E-state index in [2.05, 4.69) is 21.0 Å². The Kier molecular flexibility index (Phi) is 2.99. The quantitative estimate of drug-likeness (QED) is 0.619. The van der Waals surface area contributed by atoms with E-state index in [0.29, 0.717) is 5.76 Å². The normalized spacial score (nSPS) is 10.0. The summed E-state index contributed by atoms with van der Waals surface area (Å²) in [6.45, 7) is 1.67. The molecule has 88 valence electrons. The van der Waals surface area contributed by atoms with Crippen molar-refractivity contribution in [2.24, 2.45) is 0 Å². The number of anilines is 1. The zero-order chi connectivity index (χ0) is 12.3. The molecule has 0 atom stereocenters. The lowest BCUT2D eigenvalue weighted by atomic mass is 10.4. The summed E-state index contributed by atoms with van der Waals surface area (Å²) >= 11 is 0. The zero-order valence-electron chi connectivity index (χ0n) is 8.90. The summed E-state index contributed by atoms with van der Waals surface area (Å²) in [7, 11) is 0. The number of nitrogens with one attached hydrogen (secondary N) is 2. The van der Waals surface area contributed by atoms with Crippen molar-refractivity contribution in [1.82, 2.24) is 15.6 Å². The fraction of sp³-hybridized carbons (Fsp3) is 0.100. The van der Waals surface area contributed by atoms with Gasteiger partial charge in [-0.15, -0.1) is 0 Å². The lowest BCUT2D eigenvalue weighted by Gasteiger charge is -2.05. The van der Waals surface area contributed by atoms with E-state index < -0.39 is 11.9 Å². The number of hydrazine groups is 1. The molecule has 2 aromatic heterocycles. The molecule has 0 saturated heterocycles. The molecule has 17 heavy (non-hydrogen) atoms. The first-order chi connectivity index (χ1) is 8.15. The van der Waals surface area contributed by atoms with Gasteiger partial charge in [0.05, 0.1) is 0 Å². The summed E-state index contributed by atoms with van der Waals surface area (Å²) in [5.74, 6) is -0.410. The highest BCUT2D eigenvalue weighted by Crippen LogP contribution is 2.03. The first-order valence-electron chi connectivity index (χ1n) is 4.77. The SMILES string of the molecule is Cc1cc(C(=O)NNc2cccc(F)n2)no1. The number of hydrogen-bond donors (Lipinski definition) is 2. The van der Waals surface area contributed by atoms with Gasteiger partial charge in [0, 0.05) is 6.07 Å². The molecule has 0 spiro atoms. The fourth-order valence-corrected chi connectivity index (χ4v) is 1.14. The maximum absolute atomic E-state index is 12.7. The number of aryl methyl sites for hydroxylation is 1. The molecule has 0 aliphatic heterocycles. The number of halogens is 1. The Bertz CT molecular complexity index is 541. The van der Waals surface area contributed by atoms with Crippen molar-refractivity contribution in [3.05, 3.63) is 41.7 Å². The molecule has 0 radical (unpaired) electrons. The highest BCUT2D eigenvalue weighted by atomic mass is 19.1. The van der Waals surface area contributed by atoms with E-state index in [9.17, 15) is 9.18 Å². The van der Waals surface area contributed by atoms with Crippen LogP contribution in [0.1, 0.15) is 16.2 Å². The Balaban J connectivity index is 1.97. The maximum Gasteiger partial charge on any atom is 0.291 e. The van der Waals surface area contributed by atoms with Crippen LogP contribution in [0.25, 0.3) is 0 Å². The molecule has 0 aliphatic carbocycles. The van der Waals surface area contributed by atoms with E-state index >= 15 is 0 Å². The van der Waals surface area contributed by atoms with Crippen LogP contribution in [0.4, 0.5) is 10.2 Å². The van der Waals surface area contributed by atoms with Gasteiger partial charge in [-0.05, 0) is 19.1 Å². The first kappa shape index (κ1) is 11.1. The molecular weight excluding hydrogens is 227 g/mol. The van der Waals surface area contributed by atoms with E-state index in [1.807, 2.05) is 0 Å². The van der Waals surface area contributed by atoms with Crippen LogP contribution in [0.15, 0.2) is 28.8 Å². The second-order valence-corrected chi connectivity index (χ2v) is 3.25. The summed E-state index contributed by atoms with van der Waals surface area (Å²) in [6, 6.07) is 5.67. The Labute approximate surface area is 95.8 Å². The Hall–Kier alpha value is -2.44. The van der Waals surface area contributed by atoms with Crippen LogP contribution in [0.3, 0.4) is 0 Å². The van der Waals surface area contributed by atoms with Crippen molar-refractivity contribution in [3.8, 4) is 0 Å². The molecule has 6 nitrogen and oxygen atoms in total. The van der Waals surface area contributed by atoms with Crippen molar-refractivity contribution < 1.29 is 13.7 Å². The second kappa shape index (κ2) is 4.60. The van der Waals surface area contributed by atoms with Crippen molar-refractivity contribution >= 4 is 11.7 Å². The van der Waals surface area contributed by atoms with Gasteiger partial charge in [-0.1, -0.05) is 11.2 Å². The van der Waals surface area contributed by atoms with Gasteiger partial charge in [0.25, 0.3) is 5.91 Å². The van der Waals surface area contributed by atoms with Crippen LogP contribution in [0, 0.1) is 12.9 Å². The zero-order valence-corrected chi connectivity index (χ0v) is 8.90. The van der Waals surface area contributed by atoms with Crippen molar-refractivity contribution in [2.45, 2.75) is 6.92 Å².